The minimum Gasteiger partial charge on any atom is -0.461 e. The summed E-state index contributed by atoms with van der Waals surface area (Å²) in [6.07, 6.45) is 1.13. The van der Waals surface area contributed by atoms with E-state index in [-0.39, 0.29) is 12.6 Å². The van der Waals surface area contributed by atoms with Crippen LogP contribution in [0.4, 0.5) is 0 Å². The van der Waals surface area contributed by atoms with E-state index >= 15 is 0 Å². The van der Waals surface area contributed by atoms with Gasteiger partial charge in [0.25, 0.3) is 0 Å². The maximum atomic E-state index is 10.5. The second-order valence-corrected chi connectivity index (χ2v) is 2.74. The smallest absolute Gasteiger partial charge is 0.330 e. The van der Waals surface area contributed by atoms with Crippen LogP contribution in [0.25, 0.3) is 0 Å². The van der Waals surface area contributed by atoms with Gasteiger partial charge in [0.1, 0.15) is 6.61 Å². The molecule has 1 unspecified atom stereocenters. The second kappa shape index (κ2) is 4.91. The first-order chi connectivity index (χ1) is 5.07. The Bertz CT molecular complexity index is 143. The number of esters is 1. The van der Waals surface area contributed by atoms with Gasteiger partial charge in [-0.05, 0) is 5.92 Å². The summed E-state index contributed by atoms with van der Waals surface area (Å²) in [5, 5.41) is 0. The van der Waals surface area contributed by atoms with Crippen LogP contribution in [0, 0.1) is 5.92 Å². The van der Waals surface area contributed by atoms with E-state index in [1.807, 2.05) is 13.8 Å². The zero-order chi connectivity index (χ0) is 8.85. The second-order valence-electron chi connectivity index (χ2n) is 2.74. The molecule has 0 aliphatic carbocycles. The van der Waals surface area contributed by atoms with Gasteiger partial charge in [-0.1, -0.05) is 20.4 Å². The molecule has 0 heterocycles. The molecule has 3 heteroatoms. The highest BCUT2D eigenvalue weighted by Gasteiger charge is 2.08. The molecule has 0 fully saturated rings. The molecule has 0 rings (SSSR count). The Labute approximate surface area is 67.2 Å². The summed E-state index contributed by atoms with van der Waals surface area (Å²) in [7, 11) is 0. The van der Waals surface area contributed by atoms with Crippen molar-refractivity contribution in [1.82, 2.24) is 0 Å². The highest BCUT2D eigenvalue weighted by atomic mass is 16.5. The zero-order valence-electron chi connectivity index (χ0n) is 7.04. The van der Waals surface area contributed by atoms with Crippen molar-refractivity contribution in [2.24, 2.45) is 11.7 Å². The third kappa shape index (κ3) is 4.56. The van der Waals surface area contributed by atoms with Crippen LogP contribution in [0.15, 0.2) is 12.7 Å². The molecule has 0 bridgehead atoms. The van der Waals surface area contributed by atoms with E-state index in [0.29, 0.717) is 5.92 Å². The number of carbonyl (C=O) groups excluding carboxylic acids is 1. The summed E-state index contributed by atoms with van der Waals surface area (Å²) in [6.45, 7) is 7.49. The van der Waals surface area contributed by atoms with E-state index < -0.39 is 5.97 Å². The van der Waals surface area contributed by atoms with Crippen LogP contribution in [0.3, 0.4) is 0 Å². The normalized spacial score (nSPS) is 12.7. The van der Waals surface area contributed by atoms with Gasteiger partial charge < -0.3 is 10.5 Å². The maximum Gasteiger partial charge on any atom is 0.330 e. The lowest BCUT2D eigenvalue weighted by atomic mass is 10.1. The molecular weight excluding hydrogens is 142 g/mol. The standard InChI is InChI=1S/C8H15NO2/c1-4-8(10)11-5-7(9)6(2)3/h4,6-7H,1,5,9H2,2-3H3. The maximum absolute atomic E-state index is 10.5. The van der Waals surface area contributed by atoms with Gasteiger partial charge in [0.15, 0.2) is 0 Å². The topological polar surface area (TPSA) is 52.3 Å². The third-order valence-corrected chi connectivity index (χ3v) is 1.44. The molecule has 0 aliphatic rings. The molecule has 0 aromatic heterocycles. The average Bonchev–Trinajstić information content (AvgIpc) is 1.99. The minimum atomic E-state index is -0.416. The molecular formula is C8H15NO2. The van der Waals surface area contributed by atoms with Crippen molar-refractivity contribution in [1.29, 1.82) is 0 Å². The molecule has 0 saturated heterocycles. The zero-order valence-corrected chi connectivity index (χ0v) is 7.04. The van der Waals surface area contributed by atoms with Crippen molar-refractivity contribution < 1.29 is 9.53 Å². The molecule has 11 heavy (non-hydrogen) atoms. The number of hydrogen-bond acceptors (Lipinski definition) is 3. The van der Waals surface area contributed by atoms with E-state index in [0.717, 1.165) is 6.08 Å². The molecule has 0 aromatic rings. The van der Waals surface area contributed by atoms with Crippen LogP contribution in [-0.4, -0.2) is 18.6 Å². The quantitative estimate of drug-likeness (QED) is 0.482. The highest BCUT2D eigenvalue weighted by molar-refractivity contribution is 5.81. The average molecular weight is 157 g/mol. The number of hydrogen-bond donors (Lipinski definition) is 1. The van der Waals surface area contributed by atoms with Crippen molar-refractivity contribution in [3.8, 4) is 0 Å². The fourth-order valence-electron chi connectivity index (χ4n) is 0.430. The predicted octanol–water partition coefficient (Wildman–Crippen LogP) is 0.699. The first kappa shape index (κ1) is 10.2. The minimum absolute atomic E-state index is 0.0844. The van der Waals surface area contributed by atoms with Crippen molar-refractivity contribution in [3.05, 3.63) is 12.7 Å². The summed E-state index contributed by atoms with van der Waals surface area (Å²) >= 11 is 0. The number of carbonyl (C=O) groups is 1. The Kier molecular flexibility index (Phi) is 4.54. The Morgan fingerprint density at radius 2 is 2.27 bits per heavy atom. The summed E-state index contributed by atoms with van der Waals surface area (Å²) in [5.41, 5.74) is 5.61. The Morgan fingerprint density at radius 3 is 2.64 bits per heavy atom. The molecule has 3 nitrogen and oxygen atoms in total. The first-order valence-corrected chi connectivity index (χ1v) is 3.62. The Balaban J connectivity index is 3.53. The van der Waals surface area contributed by atoms with Gasteiger partial charge >= 0.3 is 5.97 Å². The fraction of sp³-hybridized carbons (Fsp3) is 0.625. The summed E-state index contributed by atoms with van der Waals surface area (Å²) in [4.78, 5) is 10.5. The summed E-state index contributed by atoms with van der Waals surface area (Å²) < 4.78 is 4.73. The highest BCUT2D eigenvalue weighted by Crippen LogP contribution is 1.98. The third-order valence-electron chi connectivity index (χ3n) is 1.44. The number of rotatable bonds is 4. The molecule has 0 amide bonds. The Hall–Kier alpha value is -0.830. The molecule has 0 saturated carbocycles. The molecule has 1 atom stereocenters. The van der Waals surface area contributed by atoms with Crippen LogP contribution in [0.2, 0.25) is 0 Å². The van der Waals surface area contributed by atoms with Crippen LogP contribution in [0.5, 0.6) is 0 Å². The molecule has 0 aliphatic heterocycles. The van der Waals surface area contributed by atoms with Crippen molar-refractivity contribution >= 4 is 5.97 Å². The van der Waals surface area contributed by atoms with Crippen LogP contribution in [-0.2, 0) is 9.53 Å². The van der Waals surface area contributed by atoms with Crippen LogP contribution in [0.1, 0.15) is 13.8 Å². The van der Waals surface area contributed by atoms with Crippen LogP contribution < -0.4 is 5.73 Å². The molecule has 2 N–H and O–H groups in total. The van der Waals surface area contributed by atoms with Crippen LogP contribution >= 0.6 is 0 Å². The van der Waals surface area contributed by atoms with Gasteiger partial charge in [-0.15, -0.1) is 0 Å². The van der Waals surface area contributed by atoms with Crippen molar-refractivity contribution in [3.63, 3.8) is 0 Å². The first-order valence-electron chi connectivity index (χ1n) is 3.62. The van der Waals surface area contributed by atoms with E-state index in [1.165, 1.54) is 0 Å². The monoisotopic (exact) mass is 157 g/mol. The van der Waals surface area contributed by atoms with Gasteiger partial charge in [0, 0.05) is 12.1 Å². The van der Waals surface area contributed by atoms with E-state index in [9.17, 15) is 4.79 Å². The van der Waals surface area contributed by atoms with E-state index in [2.05, 4.69) is 6.58 Å². The number of nitrogens with two attached hydrogens (primary N) is 1. The summed E-state index contributed by atoms with van der Waals surface area (Å²) in [5.74, 6) is -0.0892. The SMILES string of the molecule is C=CC(=O)OCC(N)C(C)C. The lowest BCUT2D eigenvalue weighted by molar-refractivity contribution is -0.138. The molecule has 0 spiro atoms. The Morgan fingerprint density at radius 1 is 1.73 bits per heavy atom. The van der Waals surface area contributed by atoms with Crippen molar-refractivity contribution in [2.45, 2.75) is 19.9 Å². The molecule has 0 radical (unpaired) electrons. The number of ether oxygens (including phenoxy) is 1. The summed E-state index contributed by atoms with van der Waals surface area (Å²) in [6, 6.07) is -0.0844. The largest absolute Gasteiger partial charge is 0.461 e. The fourth-order valence-corrected chi connectivity index (χ4v) is 0.430. The molecule has 0 aromatic carbocycles. The van der Waals surface area contributed by atoms with Gasteiger partial charge in [-0.25, -0.2) is 4.79 Å². The van der Waals surface area contributed by atoms with Crippen molar-refractivity contribution in [2.75, 3.05) is 6.61 Å². The molecule has 64 valence electrons. The van der Waals surface area contributed by atoms with Gasteiger partial charge in [0.2, 0.25) is 0 Å². The van der Waals surface area contributed by atoms with Gasteiger partial charge in [-0.2, -0.15) is 0 Å². The van der Waals surface area contributed by atoms with Gasteiger partial charge in [-0.3, -0.25) is 0 Å². The van der Waals surface area contributed by atoms with Gasteiger partial charge in [0.05, 0.1) is 0 Å². The van der Waals surface area contributed by atoms with E-state index in [1.54, 1.807) is 0 Å². The lowest BCUT2D eigenvalue weighted by Gasteiger charge is -2.14. The predicted molar refractivity (Wildman–Crippen MR) is 44.0 cm³/mol. The lowest BCUT2D eigenvalue weighted by Crippen LogP contribution is -2.32. The van der Waals surface area contributed by atoms with E-state index in [4.69, 9.17) is 10.5 Å².